The number of benzene rings is 1. The van der Waals surface area contributed by atoms with Gasteiger partial charge in [-0.2, -0.15) is 0 Å². The van der Waals surface area contributed by atoms with Gasteiger partial charge in [0.05, 0.1) is 24.6 Å². The zero-order valence-electron chi connectivity index (χ0n) is 19.1. The maximum absolute atomic E-state index is 13.8. The minimum Gasteiger partial charge on any atom is -0.497 e. The molecule has 164 valence electrons. The quantitative estimate of drug-likeness (QED) is 0.682. The molecule has 0 bridgehead atoms. The summed E-state index contributed by atoms with van der Waals surface area (Å²) < 4.78 is 5.25. The summed E-state index contributed by atoms with van der Waals surface area (Å²) in [5.74, 6) is 1.03. The Labute approximate surface area is 184 Å². The molecule has 2 aromatic rings. The number of hydrogen-bond donors (Lipinski definition) is 1. The second-order valence-electron chi connectivity index (χ2n) is 10.7. The van der Waals surface area contributed by atoms with Crippen LogP contribution in [0.1, 0.15) is 68.8 Å². The molecule has 1 saturated heterocycles. The Bertz CT molecular complexity index is 1030. The average Bonchev–Trinajstić information content (AvgIpc) is 3.24. The van der Waals surface area contributed by atoms with Crippen molar-refractivity contribution in [2.75, 3.05) is 12.0 Å². The number of ether oxygens (including phenoxy) is 1. The molecule has 2 amide bonds. The first-order valence-electron chi connectivity index (χ1n) is 11.4. The van der Waals surface area contributed by atoms with Gasteiger partial charge >= 0.3 is 0 Å². The van der Waals surface area contributed by atoms with Crippen molar-refractivity contribution >= 4 is 17.5 Å². The van der Waals surface area contributed by atoms with E-state index in [2.05, 4.69) is 31.8 Å². The van der Waals surface area contributed by atoms with Crippen LogP contribution in [-0.4, -0.2) is 23.9 Å². The molecule has 5 atom stereocenters. The standard InChI is InChI=1S/C26H32N2O3/c1-14-12-20-22-21(19-13-15(26(2,3)4)6-11-18(19)23(20)27-14)24(29)28(25(22)30)16-7-9-17(31-5)10-8-16/h7-10,12,15,18-19,21-22,27H,6,11,13H2,1-5H3/t15?,18-,19+,21+,22-/m1/s1. The summed E-state index contributed by atoms with van der Waals surface area (Å²) in [4.78, 5) is 32.5. The summed E-state index contributed by atoms with van der Waals surface area (Å²) >= 11 is 0. The smallest absolute Gasteiger partial charge is 0.242 e. The van der Waals surface area contributed by atoms with E-state index in [1.807, 2.05) is 31.2 Å². The van der Waals surface area contributed by atoms with Crippen molar-refractivity contribution in [3.8, 4) is 5.75 Å². The lowest BCUT2D eigenvalue weighted by atomic mass is 9.57. The molecule has 2 aliphatic carbocycles. The number of imide groups is 1. The zero-order chi connectivity index (χ0) is 22.1. The number of hydrogen-bond acceptors (Lipinski definition) is 3. The predicted octanol–water partition coefficient (Wildman–Crippen LogP) is 5.16. The summed E-state index contributed by atoms with van der Waals surface area (Å²) in [7, 11) is 1.61. The molecule has 1 unspecified atom stereocenters. The second kappa shape index (κ2) is 6.98. The molecule has 1 N–H and O–H groups in total. The van der Waals surface area contributed by atoms with Gasteiger partial charge in [0.15, 0.2) is 0 Å². The van der Waals surface area contributed by atoms with E-state index >= 15 is 0 Å². The van der Waals surface area contributed by atoms with Crippen LogP contribution in [0.4, 0.5) is 5.69 Å². The highest BCUT2D eigenvalue weighted by molar-refractivity contribution is 6.24. The highest BCUT2D eigenvalue weighted by Crippen LogP contribution is 2.58. The van der Waals surface area contributed by atoms with Gasteiger partial charge in [0.1, 0.15) is 5.75 Å². The highest BCUT2D eigenvalue weighted by atomic mass is 16.5. The molecule has 31 heavy (non-hydrogen) atoms. The van der Waals surface area contributed by atoms with Crippen molar-refractivity contribution in [3.05, 3.63) is 47.3 Å². The summed E-state index contributed by atoms with van der Waals surface area (Å²) in [5.41, 5.74) is 4.17. The number of aryl methyl sites for hydroxylation is 1. The molecule has 1 aromatic heterocycles. The molecule has 0 spiro atoms. The summed E-state index contributed by atoms with van der Waals surface area (Å²) in [6.07, 6.45) is 3.25. The van der Waals surface area contributed by atoms with Crippen LogP contribution in [0, 0.1) is 30.1 Å². The molecule has 2 fully saturated rings. The van der Waals surface area contributed by atoms with E-state index in [4.69, 9.17) is 4.74 Å². The third-order valence-corrected chi connectivity index (χ3v) is 7.99. The number of carbonyl (C=O) groups is 2. The molecular formula is C26H32N2O3. The van der Waals surface area contributed by atoms with E-state index in [0.717, 1.165) is 24.1 Å². The molecule has 3 aliphatic rings. The third kappa shape index (κ3) is 3.04. The first kappa shape index (κ1) is 20.3. The fraction of sp³-hybridized carbons (Fsp3) is 0.538. The SMILES string of the molecule is COc1ccc(N2C(=O)[C@H]3[C@H]4CC(C(C)(C)C)CC[C@H]4c4[nH]c(C)cc4[C@H]3C2=O)cc1. The summed E-state index contributed by atoms with van der Waals surface area (Å²) in [5, 5.41) is 0. The lowest BCUT2D eigenvalue weighted by molar-refractivity contribution is -0.123. The van der Waals surface area contributed by atoms with Crippen LogP contribution >= 0.6 is 0 Å². The molecule has 1 aliphatic heterocycles. The Morgan fingerprint density at radius 1 is 1.06 bits per heavy atom. The molecule has 5 nitrogen and oxygen atoms in total. The maximum Gasteiger partial charge on any atom is 0.242 e. The van der Waals surface area contributed by atoms with Gasteiger partial charge in [0.2, 0.25) is 11.8 Å². The largest absolute Gasteiger partial charge is 0.497 e. The number of aromatic amines is 1. The van der Waals surface area contributed by atoms with Crippen LogP contribution in [0.25, 0.3) is 0 Å². The Morgan fingerprint density at radius 2 is 1.77 bits per heavy atom. The first-order valence-corrected chi connectivity index (χ1v) is 11.4. The van der Waals surface area contributed by atoms with Gasteiger partial charge in [-0.1, -0.05) is 20.8 Å². The normalized spacial score (nSPS) is 30.1. The lowest BCUT2D eigenvalue weighted by Crippen LogP contribution is -2.41. The molecular weight excluding hydrogens is 388 g/mol. The van der Waals surface area contributed by atoms with Crippen LogP contribution in [0.5, 0.6) is 5.75 Å². The van der Waals surface area contributed by atoms with E-state index < -0.39 is 0 Å². The van der Waals surface area contributed by atoms with E-state index in [0.29, 0.717) is 23.3 Å². The van der Waals surface area contributed by atoms with Crippen LogP contribution in [0.3, 0.4) is 0 Å². The Hall–Kier alpha value is -2.56. The number of amides is 2. The highest BCUT2D eigenvalue weighted by Gasteiger charge is 2.59. The monoisotopic (exact) mass is 420 g/mol. The van der Waals surface area contributed by atoms with Crippen molar-refractivity contribution < 1.29 is 14.3 Å². The van der Waals surface area contributed by atoms with Crippen LogP contribution in [0.2, 0.25) is 0 Å². The van der Waals surface area contributed by atoms with Crippen LogP contribution in [0.15, 0.2) is 30.3 Å². The van der Waals surface area contributed by atoms with Crippen molar-refractivity contribution in [2.24, 2.45) is 23.2 Å². The molecule has 5 heteroatoms. The number of carbonyl (C=O) groups excluding carboxylic acids is 2. The number of nitrogens with one attached hydrogen (secondary N) is 1. The van der Waals surface area contributed by atoms with E-state index in [-0.39, 0.29) is 35.0 Å². The fourth-order valence-corrected chi connectivity index (χ4v) is 6.38. The van der Waals surface area contributed by atoms with Gasteiger partial charge in [-0.3, -0.25) is 9.59 Å². The predicted molar refractivity (Wildman–Crippen MR) is 120 cm³/mol. The number of aromatic nitrogens is 1. The van der Waals surface area contributed by atoms with Crippen LogP contribution < -0.4 is 9.64 Å². The minimum absolute atomic E-state index is 0.0331. The van der Waals surface area contributed by atoms with Gasteiger partial charge in [-0.05, 0) is 79.3 Å². The average molecular weight is 421 g/mol. The van der Waals surface area contributed by atoms with Gasteiger partial charge in [0, 0.05) is 17.3 Å². The summed E-state index contributed by atoms with van der Waals surface area (Å²) in [6.45, 7) is 8.95. The second-order valence-corrected chi connectivity index (χ2v) is 10.7. The first-order chi connectivity index (χ1) is 14.7. The topological polar surface area (TPSA) is 62.4 Å². The molecule has 0 radical (unpaired) electrons. The van der Waals surface area contributed by atoms with E-state index in [1.165, 1.54) is 17.0 Å². The van der Waals surface area contributed by atoms with Gasteiger partial charge < -0.3 is 9.72 Å². The lowest BCUT2D eigenvalue weighted by Gasteiger charge is -2.46. The molecule has 1 aromatic carbocycles. The van der Waals surface area contributed by atoms with Crippen molar-refractivity contribution in [1.29, 1.82) is 0 Å². The van der Waals surface area contributed by atoms with Crippen molar-refractivity contribution in [2.45, 2.75) is 58.8 Å². The van der Waals surface area contributed by atoms with Gasteiger partial charge in [-0.25, -0.2) is 4.90 Å². The number of H-pyrrole nitrogens is 1. The number of nitrogens with zero attached hydrogens (tertiary/aromatic N) is 1. The van der Waals surface area contributed by atoms with Gasteiger partial charge in [0.25, 0.3) is 0 Å². The zero-order valence-corrected chi connectivity index (χ0v) is 19.1. The number of methoxy groups -OCH3 is 1. The van der Waals surface area contributed by atoms with Crippen molar-refractivity contribution in [3.63, 3.8) is 0 Å². The Kier molecular flexibility index (Phi) is 4.58. The number of fused-ring (bicyclic) bond motifs is 6. The van der Waals surface area contributed by atoms with Crippen molar-refractivity contribution in [1.82, 2.24) is 4.98 Å². The summed E-state index contributed by atoms with van der Waals surface area (Å²) in [6, 6.07) is 9.34. The maximum atomic E-state index is 13.8. The van der Waals surface area contributed by atoms with Gasteiger partial charge in [-0.15, -0.1) is 0 Å². The Balaban J connectivity index is 1.59. The van der Waals surface area contributed by atoms with E-state index in [9.17, 15) is 9.59 Å². The fourth-order valence-electron chi connectivity index (χ4n) is 6.38. The minimum atomic E-state index is -0.380. The molecule has 5 rings (SSSR count). The Morgan fingerprint density at radius 3 is 2.42 bits per heavy atom. The molecule has 1 saturated carbocycles. The number of rotatable bonds is 2. The van der Waals surface area contributed by atoms with Crippen LogP contribution in [-0.2, 0) is 9.59 Å². The third-order valence-electron chi connectivity index (χ3n) is 7.99. The number of anilines is 1. The van der Waals surface area contributed by atoms with E-state index in [1.54, 1.807) is 7.11 Å². The molecule has 2 heterocycles.